The van der Waals surface area contributed by atoms with Gasteiger partial charge in [-0.25, -0.2) is 0 Å². The summed E-state index contributed by atoms with van der Waals surface area (Å²) >= 11 is 0. The van der Waals surface area contributed by atoms with Crippen molar-refractivity contribution in [2.75, 3.05) is 47.0 Å². The number of nitrogens with zero attached hydrogens (tertiary/aromatic N) is 4. The number of aromatic nitrogens is 3. The van der Waals surface area contributed by atoms with Gasteiger partial charge in [0.2, 0.25) is 23.5 Å². The predicted octanol–water partition coefficient (Wildman–Crippen LogP) is 0.988. The maximum absolute atomic E-state index is 13.8. The van der Waals surface area contributed by atoms with Gasteiger partial charge >= 0.3 is 0 Å². The van der Waals surface area contributed by atoms with Crippen LogP contribution >= 0.6 is 0 Å². The lowest BCUT2D eigenvalue weighted by atomic mass is 10.0. The molecule has 18 heteroatoms. The van der Waals surface area contributed by atoms with Gasteiger partial charge in [0.15, 0.2) is 11.5 Å². The number of hydrogen-bond acceptors (Lipinski definition) is 11. The van der Waals surface area contributed by atoms with Crippen LogP contribution < -0.4 is 35.5 Å². The summed E-state index contributed by atoms with van der Waals surface area (Å²) < 4.78 is 18.6. The predicted molar refractivity (Wildman–Crippen MR) is 201 cm³/mol. The van der Waals surface area contributed by atoms with Crippen LogP contribution in [0.4, 0.5) is 0 Å². The fourth-order valence-corrected chi connectivity index (χ4v) is 5.56. The lowest BCUT2D eigenvalue weighted by Crippen LogP contribution is -2.54. The van der Waals surface area contributed by atoms with Crippen molar-refractivity contribution in [1.29, 1.82) is 0 Å². The SMILES string of the molecule is COc1cc2cc(OC)c1OCCCNC(=O)CN(C(=O)c1cccc(-n3cnnc3)c1)CCNC(=O)[C@@H](Cc1ccccc1)NC(=O)[C@H](C)NC2=O.O=CO. The zero-order chi connectivity index (χ0) is 40.5. The van der Waals surface area contributed by atoms with Crippen molar-refractivity contribution < 1.29 is 48.1 Å². The molecule has 6 rings (SSSR count). The molecule has 3 aromatic carbocycles. The van der Waals surface area contributed by atoms with Crippen LogP contribution in [0.5, 0.6) is 17.2 Å². The van der Waals surface area contributed by atoms with Gasteiger partial charge in [0.25, 0.3) is 18.3 Å². The van der Waals surface area contributed by atoms with Crippen molar-refractivity contribution in [2.45, 2.75) is 31.8 Å². The number of nitrogens with one attached hydrogen (secondary N) is 4. The zero-order valence-corrected chi connectivity index (χ0v) is 31.1. The number of amides is 5. The first kappa shape index (κ1) is 41.8. The van der Waals surface area contributed by atoms with Crippen LogP contribution in [0.3, 0.4) is 0 Å². The Bertz CT molecular complexity index is 1930. The first-order chi connectivity index (χ1) is 27.1. The molecule has 0 saturated carbocycles. The Morgan fingerprint density at radius 3 is 2.25 bits per heavy atom. The second-order valence-corrected chi connectivity index (χ2v) is 12.3. The summed E-state index contributed by atoms with van der Waals surface area (Å²) in [5, 5.41) is 25.6. The molecule has 2 aliphatic heterocycles. The van der Waals surface area contributed by atoms with E-state index in [0.717, 1.165) is 5.56 Å². The molecule has 2 atom stereocenters. The largest absolute Gasteiger partial charge is 0.493 e. The lowest BCUT2D eigenvalue weighted by Gasteiger charge is -2.25. The third-order valence-corrected chi connectivity index (χ3v) is 8.38. The Kier molecular flexibility index (Phi) is 15.7. The van der Waals surface area contributed by atoms with Gasteiger partial charge in [-0.15, -0.1) is 10.2 Å². The smallest absolute Gasteiger partial charge is 0.290 e. The Morgan fingerprint density at radius 1 is 0.911 bits per heavy atom. The quantitative estimate of drug-likeness (QED) is 0.136. The fraction of sp³-hybridized carbons (Fsp3) is 0.316. The third-order valence-electron chi connectivity index (χ3n) is 8.38. The van der Waals surface area contributed by atoms with Crippen LogP contribution in [-0.2, 0) is 25.6 Å². The second-order valence-electron chi connectivity index (χ2n) is 12.3. The molecule has 2 bridgehead atoms. The van der Waals surface area contributed by atoms with Crippen LogP contribution in [0, 0.1) is 0 Å². The molecule has 5 amide bonds. The summed E-state index contributed by atoms with van der Waals surface area (Å²) in [5.74, 6) is -1.86. The van der Waals surface area contributed by atoms with E-state index in [0.29, 0.717) is 17.7 Å². The molecule has 2 aliphatic rings. The Labute approximate surface area is 322 Å². The molecule has 0 unspecified atom stereocenters. The van der Waals surface area contributed by atoms with Crippen molar-refractivity contribution in [3.8, 4) is 22.9 Å². The fourth-order valence-electron chi connectivity index (χ4n) is 5.56. The average molecular weight is 773 g/mol. The van der Waals surface area contributed by atoms with Crippen molar-refractivity contribution in [3.63, 3.8) is 0 Å². The molecule has 0 saturated heterocycles. The molecule has 0 radical (unpaired) electrons. The van der Waals surface area contributed by atoms with Gasteiger partial charge in [-0.2, -0.15) is 0 Å². The van der Waals surface area contributed by atoms with E-state index in [1.807, 2.05) is 30.3 Å². The van der Waals surface area contributed by atoms with E-state index < -0.39 is 41.6 Å². The molecule has 1 aromatic heterocycles. The standard InChI is InChI=1S/C37H42N8O8.CH2O2/c1-24-34(47)43-29(17-25-9-5-4-6-10-25)36(49)39-14-15-44(37(50)26-11-7-12-28(18-26)45-22-40-41-23-45)21-32(46)38-13-8-16-53-33-30(51-2)19-27(35(48)42-24)20-31(33)52-3;2-1-3/h4-7,9-12,18-20,22-24,29H,8,13-17,21H2,1-3H3,(H,38,46)(H,39,49)(H,42,48)(H,43,47);1H,(H,2,3)/t24-,29+;/m0./s1. The number of hydrogen-bond donors (Lipinski definition) is 5. The van der Waals surface area contributed by atoms with E-state index in [9.17, 15) is 24.0 Å². The van der Waals surface area contributed by atoms with Gasteiger partial charge in [0.05, 0.1) is 27.4 Å². The summed E-state index contributed by atoms with van der Waals surface area (Å²) in [4.78, 5) is 77.1. The first-order valence-corrected chi connectivity index (χ1v) is 17.5. The normalized spacial score (nSPS) is 17.2. The summed E-state index contributed by atoms with van der Waals surface area (Å²) in [6.07, 6.45) is 3.54. The van der Waals surface area contributed by atoms with Gasteiger partial charge in [-0.3, -0.25) is 33.3 Å². The highest BCUT2D eigenvalue weighted by Gasteiger charge is 2.27. The van der Waals surface area contributed by atoms with E-state index in [-0.39, 0.29) is 68.5 Å². The maximum atomic E-state index is 13.8. The van der Waals surface area contributed by atoms with Gasteiger partial charge < -0.3 is 45.5 Å². The van der Waals surface area contributed by atoms with Crippen LogP contribution in [0.1, 0.15) is 39.6 Å². The number of carbonyl (C=O) groups is 6. The molecule has 296 valence electrons. The summed E-state index contributed by atoms with van der Waals surface area (Å²) in [6, 6.07) is 16.8. The Hall–Kier alpha value is -6.98. The number of carboxylic acid groups (broad SMARTS) is 1. The van der Waals surface area contributed by atoms with Gasteiger partial charge in [0.1, 0.15) is 24.7 Å². The van der Waals surface area contributed by atoms with E-state index in [4.69, 9.17) is 24.1 Å². The molecule has 3 heterocycles. The first-order valence-electron chi connectivity index (χ1n) is 17.5. The molecule has 5 N–H and O–H groups in total. The summed E-state index contributed by atoms with van der Waals surface area (Å²) in [5.41, 5.74) is 1.90. The Morgan fingerprint density at radius 2 is 1.59 bits per heavy atom. The number of benzene rings is 3. The molecule has 0 fully saturated rings. The van der Waals surface area contributed by atoms with Crippen molar-refractivity contribution in [2.24, 2.45) is 0 Å². The van der Waals surface area contributed by atoms with Crippen molar-refractivity contribution >= 4 is 36.0 Å². The highest BCUT2D eigenvalue weighted by Crippen LogP contribution is 2.38. The highest BCUT2D eigenvalue weighted by atomic mass is 16.5. The number of carbonyl (C=O) groups excluding carboxylic acids is 5. The molecular formula is C38H44N8O10. The number of fused-ring (bicyclic) bond motifs is 19. The molecule has 56 heavy (non-hydrogen) atoms. The van der Waals surface area contributed by atoms with Gasteiger partial charge in [-0.05, 0) is 49.2 Å². The average Bonchev–Trinajstić information content (AvgIpc) is 3.75. The van der Waals surface area contributed by atoms with Crippen LogP contribution in [0.25, 0.3) is 5.69 Å². The minimum Gasteiger partial charge on any atom is -0.493 e. The van der Waals surface area contributed by atoms with Gasteiger partial charge in [-0.1, -0.05) is 36.4 Å². The molecule has 18 nitrogen and oxygen atoms in total. The lowest BCUT2D eigenvalue weighted by molar-refractivity contribution is -0.129. The topological polar surface area (TPSA) is 232 Å². The van der Waals surface area contributed by atoms with E-state index in [1.54, 1.807) is 28.8 Å². The monoisotopic (exact) mass is 772 g/mol. The molecule has 0 aliphatic carbocycles. The number of rotatable bonds is 6. The number of methoxy groups -OCH3 is 2. The summed E-state index contributed by atoms with van der Waals surface area (Å²) in [6.45, 7) is 1.29. The Balaban J connectivity index is 0.00000225. The molecule has 4 aromatic rings. The van der Waals surface area contributed by atoms with E-state index >= 15 is 0 Å². The van der Waals surface area contributed by atoms with Crippen LogP contribution in [0.15, 0.2) is 79.4 Å². The highest BCUT2D eigenvalue weighted by molar-refractivity contribution is 5.99. The molecule has 0 spiro atoms. The third kappa shape index (κ3) is 11.8. The zero-order valence-electron chi connectivity index (χ0n) is 31.1. The maximum Gasteiger partial charge on any atom is 0.290 e. The van der Waals surface area contributed by atoms with Gasteiger partial charge in [0, 0.05) is 42.9 Å². The van der Waals surface area contributed by atoms with Crippen LogP contribution in [0.2, 0.25) is 0 Å². The number of ether oxygens (including phenoxy) is 3. The second kappa shape index (κ2) is 21.0. The van der Waals surface area contributed by atoms with E-state index in [1.165, 1.54) is 50.8 Å². The van der Waals surface area contributed by atoms with Crippen molar-refractivity contribution in [3.05, 3.63) is 96.1 Å². The minimum atomic E-state index is -1.04. The van der Waals surface area contributed by atoms with E-state index in [2.05, 4.69) is 31.5 Å². The van der Waals surface area contributed by atoms with Crippen molar-refractivity contribution in [1.82, 2.24) is 40.9 Å². The molecular weight excluding hydrogens is 728 g/mol. The summed E-state index contributed by atoms with van der Waals surface area (Å²) in [7, 11) is 2.83. The minimum absolute atomic E-state index is 0.0222. The van der Waals surface area contributed by atoms with Crippen LogP contribution in [-0.4, -0.2) is 120 Å².